The molecule has 0 aromatic carbocycles. The van der Waals surface area contributed by atoms with Crippen molar-refractivity contribution in [1.82, 2.24) is 4.90 Å². The first-order valence-corrected chi connectivity index (χ1v) is 5.77. The molecule has 0 aliphatic carbocycles. The fourth-order valence-corrected chi connectivity index (χ4v) is 2.36. The van der Waals surface area contributed by atoms with E-state index >= 15 is 0 Å². The monoisotopic (exact) mass is 213 g/mol. The van der Waals surface area contributed by atoms with Crippen LogP contribution in [-0.4, -0.2) is 47.8 Å². The summed E-state index contributed by atoms with van der Waals surface area (Å²) in [4.78, 5) is 13.8. The van der Waals surface area contributed by atoms with Gasteiger partial charge in [-0.3, -0.25) is 4.79 Å². The van der Waals surface area contributed by atoms with E-state index in [0.29, 0.717) is 13.2 Å². The molecule has 0 aromatic rings. The summed E-state index contributed by atoms with van der Waals surface area (Å²) < 4.78 is 5.37. The van der Waals surface area contributed by atoms with Crippen LogP contribution in [0.15, 0.2) is 0 Å². The fraction of sp³-hybridized carbons (Fsp3) is 0.909. The molecule has 2 heterocycles. The van der Waals surface area contributed by atoms with Crippen LogP contribution < -0.4 is 0 Å². The first kappa shape index (κ1) is 10.9. The van der Waals surface area contributed by atoms with E-state index in [0.717, 1.165) is 25.8 Å². The van der Waals surface area contributed by atoms with Crippen LogP contribution in [-0.2, 0) is 9.53 Å². The number of aliphatic hydroxyl groups excluding tert-OH is 1. The molecule has 0 radical (unpaired) electrons. The minimum atomic E-state index is -0.313. The highest BCUT2D eigenvalue weighted by molar-refractivity contribution is 5.81. The first-order valence-electron chi connectivity index (χ1n) is 5.77. The third-order valence-corrected chi connectivity index (χ3v) is 3.42. The molecule has 1 amide bonds. The predicted octanol–water partition coefficient (Wildman–Crippen LogP) is 0.395. The second-order valence-corrected chi connectivity index (χ2v) is 4.58. The van der Waals surface area contributed by atoms with E-state index in [9.17, 15) is 9.90 Å². The number of hydrogen-bond acceptors (Lipinski definition) is 3. The van der Waals surface area contributed by atoms with Crippen molar-refractivity contribution in [2.45, 2.75) is 38.4 Å². The molecule has 3 atom stereocenters. The highest BCUT2D eigenvalue weighted by atomic mass is 16.5. The SMILES string of the molecule is CC(O)C1CCN(C(=O)[C@@H]2CCCO2)C1. The van der Waals surface area contributed by atoms with E-state index in [1.807, 2.05) is 4.90 Å². The molecule has 86 valence electrons. The lowest BCUT2D eigenvalue weighted by Crippen LogP contribution is -2.38. The van der Waals surface area contributed by atoms with E-state index in [1.165, 1.54) is 0 Å². The number of carbonyl (C=O) groups excluding carboxylic acids is 1. The van der Waals surface area contributed by atoms with E-state index in [4.69, 9.17) is 4.74 Å². The standard InChI is InChI=1S/C11H19NO3/c1-8(13)9-4-5-12(7-9)11(14)10-3-2-6-15-10/h8-10,13H,2-7H2,1H3/t8?,9?,10-/m0/s1. The zero-order valence-corrected chi connectivity index (χ0v) is 9.19. The normalized spacial score (nSPS) is 33.3. The van der Waals surface area contributed by atoms with Crippen LogP contribution in [0.25, 0.3) is 0 Å². The van der Waals surface area contributed by atoms with Crippen molar-refractivity contribution in [3.63, 3.8) is 0 Å². The average Bonchev–Trinajstić information content (AvgIpc) is 2.88. The maximum atomic E-state index is 11.9. The molecule has 0 spiro atoms. The lowest BCUT2D eigenvalue weighted by atomic mass is 10.0. The average molecular weight is 213 g/mol. The van der Waals surface area contributed by atoms with Gasteiger partial charge in [0.2, 0.25) is 0 Å². The maximum absolute atomic E-state index is 11.9. The van der Waals surface area contributed by atoms with Gasteiger partial charge in [0.05, 0.1) is 6.10 Å². The van der Waals surface area contributed by atoms with Gasteiger partial charge in [-0.25, -0.2) is 0 Å². The summed E-state index contributed by atoms with van der Waals surface area (Å²) in [6, 6.07) is 0. The largest absolute Gasteiger partial charge is 0.393 e. The van der Waals surface area contributed by atoms with Crippen molar-refractivity contribution in [1.29, 1.82) is 0 Å². The Morgan fingerprint density at radius 1 is 1.53 bits per heavy atom. The summed E-state index contributed by atoms with van der Waals surface area (Å²) in [6.07, 6.45) is 2.24. The molecule has 2 aliphatic rings. The second-order valence-electron chi connectivity index (χ2n) is 4.58. The molecule has 2 aliphatic heterocycles. The van der Waals surface area contributed by atoms with Crippen LogP contribution in [0.5, 0.6) is 0 Å². The Kier molecular flexibility index (Phi) is 3.26. The van der Waals surface area contributed by atoms with Gasteiger partial charge in [0.1, 0.15) is 6.10 Å². The summed E-state index contributed by atoms with van der Waals surface area (Å²) in [5.74, 6) is 0.367. The summed E-state index contributed by atoms with van der Waals surface area (Å²) in [6.45, 7) is 3.97. The minimum absolute atomic E-state index is 0.121. The van der Waals surface area contributed by atoms with Gasteiger partial charge in [0.25, 0.3) is 5.91 Å². The predicted molar refractivity (Wildman–Crippen MR) is 55.3 cm³/mol. The third-order valence-electron chi connectivity index (χ3n) is 3.42. The lowest BCUT2D eigenvalue weighted by Gasteiger charge is -2.20. The maximum Gasteiger partial charge on any atom is 0.251 e. The number of aliphatic hydroxyl groups is 1. The molecular weight excluding hydrogens is 194 g/mol. The van der Waals surface area contributed by atoms with E-state index in [2.05, 4.69) is 0 Å². The van der Waals surface area contributed by atoms with E-state index in [1.54, 1.807) is 6.92 Å². The molecule has 2 unspecified atom stereocenters. The number of likely N-dealkylation sites (tertiary alicyclic amines) is 1. The van der Waals surface area contributed by atoms with Gasteiger partial charge in [-0.2, -0.15) is 0 Å². The molecule has 2 saturated heterocycles. The molecule has 2 fully saturated rings. The quantitative estimate of drug-likeness (QED) is 0.722. The van der Waals surface area contributed by atoms with Crippen molar-refractivity contribution in [3.05, 3.63) is 0 Å². The van der Waals surface area contributed by atoms with Gasteiger partial charge in [0.15, 0.2) is 0 Å². The van der Waals surface area contributed by atoms with Gasteiger partial charge in [0, 0.05) is 25.6 Å². The second kappa shape index (κ2) is 4.49. The minimum Gasteiger partial charge on any atom is -0.393 e. The summed E-state index contributed by atoms with van der Waals surface area (Å²) in [5, 5.41) is 9.45. The summed E-state index contributed by atoms with van der Waals surface area (Å²) in [7, 11) is 0. The van der Waals surface area contributed by atoms with Gasteiger partial charge in [-0.05, 0) is 26.2 Å². The summed E-state index contributed by atoms with van der Waals surface area (Å²) in [5.41, 5.74) is 0. The Labute approximate surface area is 90.2 Å². The molecule has 1 N–H and O–H groups in total. The Hall–Kier alpha value is -0.610. The zero-order valence-electron chi connectivity index (χ0n) is 9.19. The molecule has 15 heavy (non-hydrogen) atoms. The van der Waals surface area contributed by atoms with Crippen molar-refractivity contribution in [2.75, 3.05) is 19.7 Å². The van der Waals surface area contributed by atoms with Gasteiger partial charge >= 0.3 is 0 Å². The first-order chi connectivity index (χ1) is 7.18. The van der Waals surface area contributed by atoms with Crippen LogP contribution in [0.4, 0.5) is 0 Å². The lowest BCUT2D eigenvalue weighted by molar-refractivity contribution is -0.140. The topological polar surface area (TPSA) is 49.8 Å². The molecule has 2 rings (SSSR count). The smallest absolute Gasteiger partial charge is 0.251 e. The van der Waals surface area contributed by atoms with Crippen molar-refractivity contribution >= 4 is 5.91 Å². The van der Waals surface area contributed by atoms with Crippen molar-refractivity contribution < 1.29 is 14.6 Å². The molecule has 0 aromatic heterocycles. The Morgan fingerprint density at radius 2 is 2.33 bits per heavy atom. The van der Waals surface area contributed by atoms with Gasteiger partial charge in [-0.15, -0.1) is 0 Å². The van der Waals surface area contributed by atoms with Crippen LogP contribution in [0.2, 0.25) is 0 Å². The van der Waals surface area contributed by atoms with Crippen molar-refractivity contribution in [2.24, 2.45) is 5.92 Å². The van der Waals surface area contributed by atoms with E-state index in [-0.39, 0.29) is 24.0 Å². The van der Waals surface area contributed by atoms with Gasteiger partial charge in [-0.1, -0.05) is 0 Å². The number of amides is 1. The molecule has 0 saturated carbocycles. The number of rotatable bonds is 2. The molecule has 4 nitrogen and oxygen atoms in total. The molecule has 0 bridgehead atoms. The zero-order chi connectivity index (χ0) is 10.8. The van der Waals surface area contributed by atoms with Crippen LogP contribution in [0.1, 0.15) is 26.2 Å². The fourth-order valence-electron chi connectivity index (χ4n) is 2.36. The highest BCUT2D eigenvalue weighted by Crippen LogP contribution is 2.23. The number of carbonyl (C=O) groups is 1. The number of nitrogens with zero attached hydrogens (tertiary/aromatic N) is 1. The highest BCUT2D eigenvalue weighted by Gasteiger charge is 2.34. The Bertz CT molecular complexity index is 236. The molecular formula is C11H19NO3. The van der Waals surface area contributed by atoms with Crippen LogP contribution >= 0.6 is 0 Å². The van der Waals surface area contributed by atoms with Gasteiger partial charge < -0.3 is 14.7 Å². The Balaban J connectivity index is 1.87. The third kappa shape index (κ3) is 2.32. The van der Waals surface area contributed by atoms with Crippen LogP contribution in [0, 0.1) is 5.92 Å². The van der Waals surface area contributed by atoms with Crippen molar-refractivity contribution in [3.8, 4) is 0 Å². The van der Waals surface area contributed by atoms with E-state index < -0.39 is 0 Å². The number of hydrogen-bond donors (Lipinski definition) is 1. The molecule has 4 heteroatoms. The number of ether oxygens (including phenoxy) is 1. The Morgan fingerprint density at radius 3 is 2.87 bits per heavy atom. The van der Waals surface area contributed by atoms with Crippen LogP contribution in [0.3, 0.4) is 0 Å². The summed E-state index contributed by atoms with van der Waals surface area (Å²) >= 11 is 0.